The molecular formula is C10H11NO3S. The summed E-state index contributed by atoms with van der Waals surface area (Å²) in [6.07, 6.45) is 0.482. The Morgan fingerprint density at radius 3 is 2.80 bits per heavy atom. The summed E-state index contributed by atoms with van der Waals surface area (Å²) >= 11 is 0. The molecule has 1 aromatic rings. The molecule has 4 nitrogen and oxygen atoms in total. The van der Waals surface area contributed by atoms with E-state index in [4.69, 9.17) is 4.74 Å². The minimum Gasteiger partial charge on any atom is -0.497 e. The maximum atomic E-state index is 11.2. The second-order valence-corrected chi connectivity index (χ2v) is 5.06. The number of methoxy groups -OCH3 is 1. The van der Waals surface area contributed by atoms with Crippen LogP contribution in [-0.2, 0) is 10.0 Å². The molecule has 0 saturated carbocycles. The van der Waals surface area contributed by atoms with Crippen LogP contribution >= 0.6 is 0 Å². The first-order valence-corrected chi connectivity index (χ1v) is 6.17. The largest absolute Gasteiger partial charge is 0.497 e. The molecule has 1 aliphatic heterocycles. The lowest BCUT2D eigenvalue weighted by atomic mass is 10.1. The molecule has 1 aliphatic rings. The van der Waals surface area contributed by atoms with Crippen molar-refractivity contribution in [2.75, 3.05) is 12.9 Å². The van der Waals surface area contributed by atoms with Gasteiger partial charge in [-0.1, -0.05) is 12.1 Å². The van der Waals surface area contributed by atoms with Gasteiger partial charge < -0.3 is 4.74 Å². The average Bonchev–Trinajstić information content (AvgIpc) is 2.59. The molecule has 2 rings (SSSR count). The smallest absolute Gasteiger partial charge is 0.253 e. The van der Waals surface area contributed by atoms with Crippen LogP contribution < -0.4 is 4.74 Å². The van der Waals surface area contributed by atoms with Gasteiger partial charge in [0.25, 0.3) is 10.0 Å². The molecule has 1 aromatic carbocycles. The van der Waals surface area contributed by atoms with Crippen LogP contribution in [0.5, 0.6) is 5.75 Å². The Labute approximate surface area is 88.7 Å². The number of nitrogens with zero attached hydrogens (tertiary/aromatic N) is 1. The zero-order valence-corrected chi connectivity index (χ0v) is 9.12. The first kappa shape index (κ1) is 10.2. The van der Waals surface area contributed by atoms with Gasteiger partial charge in [-0.25, -0.2) is 8.42 Å². The highest BCUT2D eigenvalue weighted by Crippen LogP contribution is 2.19. The third-order valence-corrected chi connectivity index (χ3v) is 3.47. The Hall–Kier alpha value is -1.36. The molecule has 0 bridgehead atoms. The molecule has 0 unspecified atom stereocenters. The summed E-state index contributed by atoms with van der Waals surface area (Å²) in [4.78, 5) is 0. The van der Waals surface area contributed by atoms with Crippen LogP contribution in [0.4, 0.5) is 0 Å². The minimum absolute atomic E-state index is 0.111. The summed E-state index contributed by atoms with van der Waals surface area (Å²) in [6.45, 7) is 0. The number of hydrogen-bond acceptors (Lipinski definition) is 3. The standard InChI is InChI=1S/C10H11NO3S/c1-14-9-4-2-3-8(7-9)10-5-6-15(12,13)11-10/h2-4,7H,5-6H2,1H3. The first-order chi connectivity index (χ1) is 7.11. The van der Waals surface area contributed by atoms with Crippen LogP contribution in [0.15, 0.2) is 28.7 Å². The topological polar surface area (TPSA) is 55.7 Å². The van der Waals surface area contributed by atoms with Crippen molar-refractivity contribution in [3.05, 3.63) is 29.8 Å². The first-order valence-electron chi connectivity index (χ1n) is 4.57. The van der Waals surface area contributed by atoms with Gasteiger partial charge in [-0.05, 0) is 12.1 Å². The number of ether oxygens (including phenoxy) is 1. The average molecular weight is 225 g/mol. The molecule has 0 saturated heterocycles. The summed E-state index contributed by atoms with van der Waals surface area (Å²) in [6, 6.07) is 7.26. The van der Waals surface area contributed by atoms with Crippen LogP contribution in [0.1, 0.15) is 12.0 Å². The molecule has 80 valence electrons. The van der Waals surface area contributed by atoms with Gasteiger partial charge in [0, 0.05) is 12.0 Å². The number of sulfonamides is 1. The van der Waals surface area contributed by atoms with E-state index in [9.17, 15) is 8.42 Å². The highest BCUT2D eigenvalue weighted by molar-refractivity contribution is 7.90. The van der Waals surface area contributed by atoms with Crippen molar-refractivity contribution in [3.8, 4) is 5.75 Å². The van der Waals surface area contributed by atoms with Crippen molar-refractivity contribution in [1.29, 1.82) is 0 Å². The molecular weight excluding hydrogens is 214 g/mol. The summed E-state index contributed by atoms with van der Waals surface area (Å²) in [5, 5.41) is 0. The van der Waals surface area contributed by atoms with Gasteiger partial charge in [-0.15, -0.1) is 0 Å². The minimum atomic E-state index is -3.22. The lowest BCUT2D eigenvalue weighted by molar-refractivity contribution is 0.414. The Morgan fingerprint density at radius 2 is 2.20 bits per heavy atom. The van der Waals surface area contributed by atoms with Crippen LogP contribution in [0.3, 0.4) is 0 Å². The fraction of sp³-hybridized carbons (Fsp3) is 0.300. The normalized spacial score (nSPS) is 18.6. The van der Waals surface area contributed by atoms with E-state index < -0.39 is 10.0 Å². The summed E-state index contributed by atoms with van der Waals surface area (Å²) in [5.41, 5.74) is 1.43. The van der Waals surface area contributed by atoms with Crippen molar-refractivity contribution in [2.45, 2.75) is 6.42 Å². The fourth-order valence-electron chi connectivity index (χ4n) is 1.48. The van der Waals surface area contributed by atoms with E-state index in [-0.39, 0.29) is 5.75 Å². The zero-order valence-electron chi connectivity index (χ0n) is 8.30. The monoisotopic (exact) mass is 225 g/mol. The van der Waals surface area contributed by atoms with Gasteiger partial charge in [0.2, 0.25) is 0 Å². The Kier molecular flexibility index (Phi) is 2.48. The SMILES string of the molecule is COc1cccc(C2=NS(=O)(=O)CC2)c1. The zero-order chi connectivity index (χ0) is 10.9. The van der Waals surface area contributed by atoms with Crippen molar-refractivity contribution in [3.63, 3.8) is 0 Å². The van der Waals surface area contributed by atoms with Gasteiger partial charge >= 0.3 is 0 Å². The fourth-order valence-corrected chi connectivity index (χ4v) is 2.56. The van der Waals surface area contributed by atoms with Gasteiger partial charge in [0.15, 0.2) is 0 Å². The molecule has 0 atom stereocenters. The summed E-state index contributed by atoms with van der Waals surface area (Å²) < 4.78 is 31.1. The van der Waals surface area contributed by atoms with E-state index in [1.807, 2.05) is 18.2 Å². The molecule has 5 heteroatoms. The van der Waals surface area contributed by atoms with E-state index in [1.165, 1.54) is 0 Å². The maximum Gasteiger partial charge on any atom is 0.253 e. The predicted octanol–water partition coefficient (Wildman–Crippen LogP) is 1.22. The highest BCUT2D eigenvalue weighted by Gasteiger charge is 2.21. The summed E-state index contributed by atoms with van der Waals surface area (Å²) in [5.74, 6) is 0.819. The van der Waals surface area contributed by atoms with E-state index in [0.717, 1.165) is 5.56 Å². The van der Waals surface area contributed by atoms with Crippen LogP contribution in [0.2, 0.25) is 0 Å². The molecule has 0 amide bonds. The van der Waals surface area contributed by atoms with Crippen molar-refractivity contribution in [1.82, 2.24) is 0 Å². The maximum absolute atomic E-state index is 11.2. The van der Waals surface area contributed by atoms with E-state index in [2.05, 4.69) is 4.40 Å². The van der Waals surface area contributed by atoms with Gasteiger partial charge in [0.1, 0.15) is 5.75 Å². The second-order valence-electron chi connectivity index (χ2n) is 3.31. The third kappa shape index (κ3) is 2.18. The molecule has 0 aromatic heterocycles. The van der Waals surface area contributed by atoms with Crippen LogP contribution in [0.25, 0.3) is 0 Å². The molecule has 0 fully saturated rings. The molecule has 1 heterocycles. The second kappa shape index (κ2) is 3.66. The number of hydrogen-bond donors (Lipinski definition) is 0. The van der Waals surface area contributed by atoms with Crippen LogP contribution in [-0.4, -0.2) is 27.0 Å². The predicted molar refractivity (Wildman–Crippen MR) is 57.9 cm³/mol. The lowest BCUT2D eigenvalue weighted by Crippen LogP contribution is -1.97. The Balaban J connectivity index is 2.39. The van der Waals surface area contributed by atoms with E-state index >= 15 is 0 Å². The number of benzene rings is 1. The molecule has 0 spiro atoms. The lowest BCUT2D eigenvalue weighted by Gasteiger charge is -2.02. The quantitative estimate of drug-likeness (QED) is 0.760. The van der Waals surface area contributed by atoms with E-state index in [0.29, 0.717) is 17.9 Å². The van der Waals surface area contributed by atoms with Gasteiger partial charge in [-0.3, -0.25) is 0 Å². The molecule has 15 heavy (non-hydrogen) atoms. The van der Waals surface area contributed by atoms with E-state index in [1.54, 1.807) is 13.2 Å². The Bertz CT molecular complexity index is 505. The molecule has 0 N–H and O–H groups in total. The van der Waals surface area contributed by atoms with Gasteiger partial charge in [0.05, 0.1) is 18.6 Å². The third-order valence-electron chi connectivity index (χ3n) is 2.25. The van der Waals surface area contributed by atoms with Crippen molar-refractivity contribution in [2.24, 2.45) is 4.40 Å². The van der Waals surface area contributed by atoms with Gasteiger partial charge in [-0.2, -0.15) is 4.40 Å². The Morgan fingerprint density at radius 1 is 1.40 bits per heavy atom. The van der Waals surface area contributed by atoms with Crippen molar-refractivity contribution < 1.29 is 13.2 Å². The molecule has 0 radical (unpaired) electrons. The number of rotatable bonds is 2. The van der Waals surface area contributed by atoms with Crippen molar-refractivity contribution >= 4 is 15.7 Å². The van der Waals surface area contributed by atoms with Crippen LogP contribution in [0, 0.1) is 0 Å². The molecule has 0 aliphatic carbocycles. The highest BCUT2D eigenvalue weighted by atomic mass is 32.2. The summed E-state index contributed by atoms with van der Waals surface area (Å²) in [7, 11) is -1.64.